The van der Waals surface area contributed by atoms with E-state index in [0.717, 1.165) is 22.0 Å². The van der Waals surface area contributed by atoms with Crippen LogP contribution in [0.2, 0.25) is 0 Å². The van der Waals surface area contributed by atoms with E-state index < -0.39 is 0 Å². The Hall–Kier alpha value is -2.34. The van der Waals surface area contributed by atoms with Gasteiger partial charge in [-0.2, -0.15) is 0 Å². The van der Waals surface area contributed by atoms with Crippen molar-refractivity contribution < 1.29 is 9.15 Å². The zero-order valence-electron chi connectivity index (χ0n) is 11.4. The van der Waals surface area contributed by atoms with Gasteiger partial charge in [-0.1, -0.05) is 11.8 Å². The maximum absolute atomic E-state index is 5.51. The molecule has 0 atom stereocenters. The van der Waals surface area contributed by atoms with Crippen LogP contribution in [0.25, 0.3) is 11.5 Å². The quantitative estimate of drug-likeness (QED) is 0.673. The molecule has 0 fully saturated rings. The van der Waals surface area contributed by atoms with Crippen molar-refractivity contribution in [2.45, 2.75) is 10.8 Å². The minimum absolute atomic E-state index is 0.604. The minimum atomic E-state index is 0.604. The monoisotopic (exact) mass is 299 g/mol. The summed E-state index contributed by atoms with van der Waals surface area (Å²) in [5.41, 5.74) is 1.79. The lowest BCUT2D eigenvalue weighted by Gasteiger charge is -1.99. The van der Waals surface area contributed by atoms with Gasteiger partial charge in [0.1, 0.15) is 17.0 Å². The number of thioether (sulfide) groups is 1. The lowest BCUT2D eigenvalue weighted by molar-refractivity contribution is 0.415. The van der Waals surface area contributed by atoms with Crippen molar-refractivity contribution in [2.75, 3.05) is 7.11 Å². The average molecular weight is 299 g/mol. The number of methoxy groups -OCH3 is 1. The Balaban J connectivity index is 1.68. The second-order valence-corrected chi connectivity index (χ2v) is 5.20. The van der Waals surface area contributed by atoms with Gasteiger partial charge in [-0.15, -0.1) is 0 Å². The summed E-state index contributed by atoms with van der Waals surface area (Å²) in [4.78, 5) is 12.7. The van der Waals surface area contributed by atoms with E-state index in [-0.39, 0.29) is 0 Å². The predicted molar refractivity (Wildman–Crippen MR) is 80.1 cm³/mol. The molecule has 0 aliphatic heterocycles. The fraction of sp³-hybridized carbons (Fsp3) is 0.133. The number of oxazole rings is 1. The molecule has 0 unspecified atom stereocenters. The van der Waals surface area contributed by atoms with E-state index in [0.29, 0.717) is 11.6 Å². The first-order valence-corrected chi connectivity index (χ1v) is 7.31. The zero-order valence-corrected chi connectivity index (χ0v) is 12.2. The van der Waals surface area contributed by atoms with Crippen molar-refractivity contribution in [3.05, 3.63) is 54.8 Å². The molecule has 0 bridgehead atoms. The molecule has 2 aromatic heterocycles. The molecule has 2 heterocycles. The van der Waals surface area contributed by atoms with Gasteiger partial charge in [0.05, 0.1) is 19.0 Å². The Bertz CT molecular complexity index is 698. The van der Waals surface area contributed by atoms with Gasteiger partial charge in [-0.3, -0.25) is 4.98 Å². The molecule has 0 N–H and O–H groups in total. The van der Waals surface area contributed by atoms with E-state index >= 15 is 0 Å². The van der Waals surface area contributed by atoms with Crippen LogP contribution in [0.3, 0.4) is 0 Å². The summed E-state index contributed by atoms with van der Waals surface area (Å²) in [6.07, 6.45) is 6.73. The summed E-state index contributed by atoms with van der Waals surface area (Å²) in [6.45, 7) is 0. The second-order valence-electron chi connectivity index (χ2n) is 4.20. The van der Waals surface area contributed by atoms with Crippen molar-refractivity contribution in [1.29, 1.82) is 0 Å². The van der Waals surface area contributed by atoms with Crippen LogP contribution in [0.4, 0.5) is 0 Å². The molecule has 3 rings (SSSR count). The summed E-state index contributed by atoms with van der Waals surface area (Å²) in [5.74, 6) is 2.11. The molecule has 3 aromatic rings. The lowest BCUT2D eigenvalue weighted by Crippen LogP contribution is -1.85. The van der Waals surface area contributed by atoms with Crippen LogP contribution < -0.4 is 4.74 Å². The minimum Gasteiger partial charge on any atom is -0.497 e. The van der Waals surface area contributed by atoms with Gasteiger partial charge in [-0.25, -0.2) is 9.97 Å². The van der Waals surface area contributed by atoms with Crippen molar-refractivity contribution in [2.24, 2.45) is 0 Å². The SMILES string of the molecule is COc1ccc(-c2nc(CSc3cnccn3)co2)cc1. The maximum atomic E-state index is 5.51. The Morgan fingerprint density at radius 2 is 2.05 bits per heavy atom. The normalized spacial score (nSPS) is 10.5. The molecule has 0 spiro atoms. The molecule has 0 saturated carbocycles. The van der Waals surface area contributed by atoms with E-state index in [1.165, 1.54) is 0 Å². The van der Waals surface area contributed by atoms with Gasteiger partial charge in [0.15, 0.2) is 0 Å². The Kier molecular flexibility index (Phi) is 4.16. The number of rotatable bonds is 5. The van der Waals surface area contributed by atoms with Crippen LogP contribution >= 0.6 is 11.8 Å². The van der Waals surface area contributed by atoms with Gasteiger partial charge in [0.2, 0.25) is 5.89 Å². The number of hydrogen-bond donors (Lipinski definition) is 0. The number of benzene rings is 1. The first-order chi connectivity index (χ1) is 10.3. The molecule has 0 aliphatic carbocycles. The smallest absolute Gasteiger partial charge is 0.226 e. The third kappa shape index (κ3) is 3.41. The van der Waals surface area contributed by atoms with Crippen molar-refractivity contribution in [3.63, 3.8) is 0 Å². The molecule has 5 nitrogen and oxygen atoms in total. The molecule has 106 valence electrons. The van der Waals surface area contributed by atoms with E-state index in [4.69, 9.17) is 9.15 Å². The maximum Gasteiger partial charge on any atom is 0.226 e. The molecular weight excluding hydrogens is 286 g/mol. The molecular formula is C15H13N3O2S. The molecule has 0 radical (unpaired) electrons. The highest BCUT2D eigenvalue weighted by Crippen LogP contribution is 2.24. The van der Waals surface area contributed by atoms with Crippen molar-refractivity contribution in [3.8, 4) is 17.2 Å². The number of aromatic nitrogens is 3. The standard InChI is InChI=1S/C15H13N3O2S/c1-19-13-4-2-11(3-5-13)15-18-12(9-20-15)10-21-14-8-16-6-7-17-14/h2-9H,10H2,1H3. The summed E-state index contributed by atoms with van der Waals surface area (Å²) in [7, 11) is 1.64. The van der Waals surface area contributed by atoms with Gasteiger partial charge >= 0.3 is 0 Å². The largest absolute Gasteiger partial charge is 0.497 e. The third-order valence-electron chi connectivity index (χ3n) is 2.80. The van der Waals surface area contributed by atoms with Crippen molar-refractivity contribution >= 4 is 11.8 Å². The molecule has 21 heavy (non-hydrogen) atoms. The average Bonchev–Trinajstić information content (AvgIpc) is 3.03. The van der Waals surface area contributed by atoms with E-state index in [9.17, 15) is 0 Å². The summed E-state index contributed by atoms with van der Waals surface area (Å²) >= 11 is 1.57. The van der Waals surface area contributed by atoms with Crippen LogP contribution in [0, 0.1) is 0 Å². The second kappa shape index (κ2) is 6.41. The van der Waals surface area contributed by atoms with Gasteiger partial charge in [0.25, 0.3) is 0 Å². The van der Waals surface area contributed by atoms with E-state index in [1.807, 2.05) is 24.3 Å². The first kappa shape index (κ1) is 13.6. The molecule has 6 heteroatoms. The lowest BCUT2D eigenvalue weighted by atomic mass is 10.2. The number of nitrogens with zero attached hydrogens (tertiary/aromatic N) is 3. The number of ether oxygens (including phenoxy) is 1. The highest BCUT2D eigenvalue weighted by Gasteiger charge is 2.07. The fourth-order valence-electron chi connectivity index (χ4n) is 1.75. The van der Waals surface area contributed by atoms with Crippen molar-refractivity contribution in [1.82, 2.24) is 15.0 Å². The summed E-state index contributed by atoms with van der Waals surface area (Å²) in [6, 6.07) is 7.61. The van der Waals surface area contributed by atoms with Crippen LogP contribution in [0.5, 0.6) is 5.75 Å². The first-order valence-electron chi connectivity index (χ1n) is 6.33. The molecule has 1 aromatic carbocycles. The Labute approximate surface area is 126 Å². The van der Waals surface area contributed by atoms with Gasteiger partial charge in [0, 0.05) is 23.7 Å². The topological polar surface area (TPSA) is 61.0 Å². The summed E-state index contributed by atoms with van der Waals surface area (Å²) in [5, 5.41) is 0.867. The Morgan fingerprint density at radius 3 is 2.76 bits per heavy atom. The van der Waals surface area contributed by atoms with Crippen LogP contribution in [0.15, 0.2) is 58.6 Å². The number of hydrogen-bond acceptors (Lipinski definition) is 6. The third-order valence-corrected chi connectivity index (χ3v) is 3.74. The molecule has 0 saturated heterocycles. The summed E-state index contributed by atoms with van der Waals surface area (Å²) < 4.78 is 10.6. The van der Waals surface area contributed by atoms with Crippen LogP contribution in [0.1, 0.15) is 5.69 Å². The van der Waals surface area contributed by atoms with Crippen LogP contribution in [-0.2, 0) is 5.75 Å². The van der Waals surface area contributed by atoms with Crippen LogP contribution in [-0.4, -0.2) is 22.1 Å². The highest BCUT2D eigenvalue weighted by molar-refractivity contribution is 7.98. The fourth-order valence-corrected chi connectivity index (χ4v) is 2.45. The van der Waals surface area contributed by atoms with E-state index in [2.05, 4.69) is 15.0 Å². The van der Waals surface area contributed by atoms with E-state index in [1.54, 1.807) is 43.7 Å². The highest BCUT2D eigenvalue weighted by atomic mass is 32.2. The predicted octanol–water partition coefficient (Wildman–Crippen LogP) is 3.43. The zero-order chi connectivity index (χ0) is 14.5. The van der Waals surface area contributed by atoms with Gasteiger partial charge in [-0.05, 0) is 24.3 Å². The molecule has 0 aliphatic rings. The van der Waals surface area contributed by atoms with Gasteiger partial charge < -0.3 is 9.15 Å². The Morgan fingerprint density at radius 1 is 1.19 bits per heavy atom. The molecule has 0 amide bonds.